The standard InChI is InChI=1S/C8H4FIN2O/c9-8-5(3-11)7(12-4-13)2-1-6(8)10/h1-2,4H,(H,12,13). The van der Waals surface area contributed by atoms with Gasteiger partial charge in [-0.05, 0) is 34.7 Å². The van der Waals surface area contributed by atoms with Gasteiger partial charge in [-0.1, -0.05) is 0 Å². The van der Waals surface area contributed by atoms with E-state index in [1.807, 2.05) is 0 Å². The summed E-state index contributed by atoms with van der Waals surface area (Å²) in [6.45, 7) is 0. The van der Waals surface area contributed by atoms with Crippen molar-refractivity contribution in [2.75, 3.05) is 5.32 Å². The van der Waals surface area contributed by atoms with Crippen LogP contribution in [0.15, 0.2) is 12.1 Å². The summed E-state index contributed by atoms with van der Waals surface area (Å²) in [6.07, 6.45) is 0.405. The molecule has 0 aliphatic carbocycles. The molecule has 1 N–H and O–H groups in total. The van der Waals surface area contributed by atoms with Crippen LogP contribution in [0.1, 0.15) is 5.56 Å². The van der Waals surface area contributed by atoms with Gasteiger partial charge in [-0.2, -0.15) is 5.26 Å². The van der Waals surface area contributed by atoms with Crippen molar-refractivity contribution in [1.29, 1.82) is 5.26 Å². The van der Waals surface area contributed by atoms with Gasteiger partial charge in [0.05, 0.1) is 9.26 Å². The number of nitriles is 1. The zero-order chi connectivity index (χ0) is 9.84. The molecule has 5 heteroatoms. The maximum Gasteiger partial charge on any atom is 0.211 e. The Hall–Kier alpha value is -1.16. The number of rotatable bonds is 2. The smallest absolute Gasteiger partial charge is 0.211 e. The molecule has 0 radical (unpaired) electrons. The summed E-state index contributed by atoms with van der Waals surface area (Å²) in [7, 11) is 0. The van der Waals surface area contributed by atoms with Crippen LogP contribution in [0.3, 0.4) is 0 Å². The number of nitrogens with zero attached hydrogens (tertiary/aromatic N) is 1. The summed E-state index contributed by atoms with van der Waals surface area (Å²) in [6, 6.07) is 4.66. The van der Waals surface area contributed by atoms with Crippen molar-refractivity contribution in [1.82, 2.24) is 0 Å². The first-order chi connectivity index (χ1) is 6.20. The number of hydrogen-bond acceptors (Lipinski definition) is 2. The number of anilines is 1. The molecule has 0 aliphatic heterocycles. The average molecular weight is 290 g/mol. The molecule has 0 spiro atoms. The van der Waals surface area contributed by atoms with E-state index >= 15 is 0 Å². The van der Waals surface area contributed by atoms with E-state index in [2.05, 4.69) is 5.32 Å². The van der Waals surface area contributed by atoms with Gasteiger partial charge in [0.1, 0.15) is 11.6 Å². The van der Waals surface area contributed by atoms with Gasteiger partial charge in [-0.15, -0.1) is 0 Å². The molecule has 0 aromatic heterocycles. The van der Waals surface area contributed by atoms with Crippen LogP contribution in [0.5, 0.6) is 0 Å². The molecule has 66 valence electrons. The number of carbonyl (C=O) groups is 1. The number of benzene rings is 1. The van der Waals surface area contributed by atoms with E-state index in [4.69, 9.17) is 5.26 Å². The molecule has 1 rings (SSSR count). The van der Waals surface area contributed by atoms with Gasteiger partial charge >= 0.3 is 0 Å². The lowest BCUT2D eigenvalue weighted by Crippen LogP contribution is -2.00. The van der Waals surface area contributed by atoms with Crippen LogP contribution in [-0.2, 0) is 4.79 Å². The number of amides is 1. The molecule has 3 nitrogen and oxygen atoms in total. The normalized spacial score (nSPS) is 9.00. The second-order valence-corrected chi connectivity index (χ2v) is 3.32. The monoisotopic (exact) mass is 290 g/mol. The third kappa shape index (κ3) is 1.95. The van der Waals surface area contributed by atoms with Crippen LogP contribution in [0.25, 0.3) is 0 Å². The van der Waals surface area contributed by atoms with Crippen molar-refractivity contribution in [3.8, 4) is 6.07 Å². The highest BCUT2D eigenvalue weighted by Crippen LogP contribution is 2.22. The third-order valence-electron chi connectivity index (χ3n) is 1.42. The fourth-order valence-electron chi connectivity index (χ4n) is 0.844. The van der Waals surface area contributed by atoms with E-state index in [0.29, 0.717) is 9.98 Å². The number of hydrogen-bond donors (Lipinski definition) is 1. The Morgan fingerprint density at radius 1 is 1.62 bits per heavy atom. The van der Waals surface area contributed by atoms with Crippen molar-refractivity contribution in [3.63, 3.8) is 0 Å². The first kappa shape index (κ1) is 9.92. The van der Waals surface area contributed by atoms with Crippen LogP contribution in [0.4, 0.5) is 10.1 Å². The summed E-state index contributed by atoms with van der Waals surface area (Å²) in [5.74, 6) is -0.602. The lowest BCUT2D eigenvalue weighted by atomic mass is 10.2. The molecule has 0 aliphatic rings. The molecule has 1 amide bonds. The van der Waals surface area contributed by atoms with E-state index in [9.17, 15) is 9.18 Å². The third-order valence-corrected chi connectivity index (χ3v) is 2.25. The molecule has 0 heterocycles. The molecule has 1 aromatic carbocycles. The second kappa shape index (κ2) is 4.18. The molecule has 0 bridgehead atoms. The van der Waals surface area contributed by atoms with Gasteiger partial charge in [-0.3, -0.25) is 4.79 Å². The lowest BCUT2D eigenvalue weighted by molar-refractivity contribution is -0.105. The highest BCUT2D eigenvalue weighted by atomic mass is 127. The van der Waals surface area contributed by atoms with Crippen LogP contribution in [0.2, 0.25) is 0 Å². The molecule has 0 atom stereocenters. The summed E-state index contributed by atoms with van der Waals surface area (Å²) < 4.78 is 13.6. The minimum atomic E-state index is -0.602. The molecule has 0 unspecified atom stereocenters. The Morgan fingerprint density at radius 2 is 2.31 bits per heavy atom. The highest BCUT2D eigenvalue weighted by molar-refractivity contribution is 14.1. The highest BCUT2D eigenvalue weighted by Gasteiger charge is 2.10. The Labute approximate surface area is 87.7 Å². The predicted octanol–water partition coefficient (Wildman–Crippen LogP) is 1.87. The maximum atomic E-state index is 13.2. The van der Waals surface area contributed by atoms with Crippen LogP contribution in [-0.4, -0.2) is 6.41 Å². The molecule has 0 saturated heterocycles. The Morgan fingerprint density at radius 3 is 2.85 bits per heavy atom. The maximum absolute atomic E-state index is 13.2. The Kier molecular flexibility index (Phi) is 3.19. The van der Waals surface area contributed by atoms with Gasteiger partial charge in [-0.25, -0.2) is 4.39 Å². The summed E-state index contributed by atoms with van der Waals surface area (Å²) in [4.78, 5) is 10.1. The zero-order valence-corrected chi connectivity index (χ0v) is 8.50. The van der Waals surface area contributed by atoms with E-state index in [1.54, 1.807) is 28.7 Å². The van der Waals surface area contributed by atoms with Gasteiger partial charge in [0, 0.05) is 0 Å². The van der Waals surface area contributed by atoms with E-state index in [-0.39, 0.29) is 11.3 Å². The minimum Gasteiger partial charge on any atom is -0.327 e. The Balaban J connectivity index is 3.31. The van der Waals surface area contributed by atoms with Crippen LogP contribution in [0, 0.1) is 20.7 Å². The topological polar surface area (TPSA) is 52.9 Å². The first-order valence-electron chi connectivity index (χ1n) is 3.29. The summed E-state index contributed by atoms with van der Waals surface area (Å²) in [5, 5.41) is 10.8. The number of halogens is 2. The first-order valence-corrected chi connectivity index (χ1v) is 4.37. The van der Waals surface area contributed by atoms with E-state index in [1.165, 1.54) is 12.1 Å². The number of nitrogens with one attached hydrogen (secondary N) is 1. The molecule has 1 aromatic rings. The van der Waals surface area contributed by atoms with Crippen LogP contribution < -0.4 is 5.32 Å². The minimum absolute atomic E-state index is 0.140. The van der Waals surface area contributed by atoms with Gasteiger partial charge in [0.25, 0.3) is 0 Å². The van der Waals surface area contributed by atoms with Gasteiger partial charge in [0.2, 0.25) is 6.41 Å². The van der Waals surface area contributed by atoms with Crippen LogP contribution >= 0.6 is 22.6 Å². The SMILES string of the molecule is N#Cc1c(NC=O)ccc(I)c1F. The molecule has 0 fully saturated rings. The van der Waals surface area contributed by atoms with Crippen molar-refractivity contribution in [2.45, 2.75) is 0 Å². The van der Waals surface area contributed by atoms with Crippen molar-refractivity contribution in [3.05, 3.63) is 27.1 Å². The van der Waals surface area contributed by atoms with Crippen molar-refractivity contribution < 1.29 is 9.18 Å². The average Bonchev–Trinajstić information content (AvgIpc) is 2.12. The van der Waals surface area contributed by atoms with E-state index in [0.717, 1.165) is 0 Å². The second-order valence-electron chi connectivity index (χ2n) is 2.16. The fourth-order valence-corrected chi connectivity index (χ4v) is 1.29. The number of carbonyl (C=O) groups excluding carboxylic acids is 1. The molecule has 0 saturated carbocycles. The quantitative estimate of drug-likeness (QED) is 0.667. The lowest BCUT2D eigenvalue weighted by Gasteiger charge is -2.03. The summed E-state index contributed by atoms with van der Waals surface area (Å²) in [5.41, 5.74) is 0.0504. The Bertz CT molecular complexity index is 386. The van der Waals surface area contributed by atoms with Gasteiger partial charge < -0.3 is 5.32 Å². The molecular weight excluding hydrogens is 286 g/mol. The van der Waals surface area contributed by atoms with Gasteiger partial charge in [0.15, 0.2) is 5.82 Å². The fraction of sp³-hybridized carbons (Fsp3) is 0. The zero-order valence-electron chi connectivity index (χ0n) is 6.34. The van der Waals surface area contributed by atoms with Crippen molar-refractivity contribution in [2.24, 2.45) is 0 Å². The predicted molar refractivity (Wildman–Crippen MR) is 53.5 cm³/mol. The molecular formula is C8H4FIN2O. The van der Waals surface area contributed by atoms with E-state index < -0.39 is 5.82 Å². The molecule has 13 heavy (non-hydrogen) atoms. The van der Waals surface area contributed by atoms with Crippen molar-refractivity contribution >= 4 is 34.7 Å². The largest absolute Gasteiger partial charge is 0.327 e. The summed E-state index contributed by atoms with van der Waals surface area (Å²) >= 11 is 1.78.